The number of amides is 1. The average molecular weight is 496 g/mol. The molecule has 0 spiro atoms. The molecule has 0 saturated heterocycles. The highest BCUT2D eigenvalue weighted by Gasteiger charge is 2.13. The first-order chi connectivity index (χ1) is 17.5. The second-order valence-electron chi connectivity index (χ2n) is 8.01. The highest BCUT2D eigenvalue weighted by molar-refractivity contribution is 7.14. The molecule has 36 heavy (non-hydrogen) atoms. The van der Waals surface area contributed by atoms with Crippen molar-refractivity contribution in [1.82, 2.24) is 4.98 Å². The van der Waals surface area contributed by atoms with Crippen molar-refractivity contribution < 1.29 is 14.3 Å². The summed E-state index contributed by atoms with van der Waals surface area (Å²) in [5.74, 6) is 1.06. The van der Waals surface area contributed by atoms with Gasteiger partial charge in [-0.3, -0.25) is 10.1 Å². The van der Waals surface area contributed by atoms with Crippen LogP contribution in [-0.2, 0) is 4.79 Å². The van der Waals surface area contributed by atoms with E-state index < -0.39 is 5.91 Å². The summed E-state index contributed by atoms with van der Waals surface area (Å²) in [5.41, 5.74) is 4.62. The number of rotatable bonds is 9. The summed E-state index contributed by atoms with van der Waals surface area (Å²) in [6.07, 6.45) is 1.54. The van der Waals surface area contributed by atoms with Gasteiger partial charge in [-0.1, -0.05) is 60.7 Å². The second kappa shape index (κ2) is 11.8. The number of anilines is 1. The number of aryl methyl sites for hydroxylation is 2. The Balaban J connectivity index is 1.31. The molecule has 0 atom stereocenters. The van der Waals surface area contributed by atoms with Gasteiger partial charge in [0.05, 0.1) is 5.69 Å². The van der Waals surface area contributed by atoms with E-state index in [-0.39, 0.29) is 5.57 Å². The molecule has 0 bridgehead atoms. The number of carbonyl (C=O) groups excluding carboxylic acids is 1. The number of para-hydroxylation sites is 1. The standard InChI is InChI=1S/C29H25N3O3S/c1-20-7-6-8-21(2)27(20)35-16-15-34-25-13-11-22(12-14-25)17-24(18-30)28(33)32-29-31-26(19-36-29)23-9-4-3-5-10-23/h3-14,17,19H,15-16H2,1-2H3,(H,31,32,33)/b24-17-. The first-order valence-electron chi connectivity index (χ1n) is 11.4. The van der Waals surface area contributed by atoms with Gasteiger partial charge in [0.2, 0.25) is 0 Å². The van der Waals surface area contributed by atoms with Crippen LogP contribution in [-0.4, -0.2) is 24.1 Å². The Hall–Kier alpha value is -4.41. The van der Waals surface area contributed by atoms with Crippen LogP contribution in [0.15, 0.2) is 83.7 Å². The van der Waals surface area contributed by atoms with Gasteiger partial charge in [-0.25, -0.2) is 4.98 Å². The number of ether oxygens (including phenoxy) is 2. The van der Waals surface area contributed by atoms with Gasteiger partial charge in [0.15, 0.2) is 5.13 Å². The summed E-state index contributed by atoms with van der Waals surface area (Å²) in [7, 11) is 0. The van der Waals surface area contributed by atoms with Crippen LogP contribution in [0, 0.1) is 25.2 Å². The van der Waals surface area contributed by atoms with Crippen LogP contribution < -0.4 is 14.8 Å². The van der Waals surface area contributed by atoms with E-state index in [9.17, 15) is 10.1 Å². The molecule has 3 aromatic carbocycles. The fourth-order valence-corrected chi connectivity index (χ4v) is 4.26. The maximum atomic E-state index is 12.6. The number of nitriles is 1. The third kappa shape index (κ3) is 6.38. The van der Waals surface area contributed by atoms with Gasteiger partial charge in [-0.15, -0.1) is 11.3 Å². The molecule has 4 rings (SSSR count). The summed E-state index contributed by atoms with van der Waals surface area (Å²) in [6.45, 7) is 4.86. The third-order valence-electron chi connectivity index (χ3n) is 5.36. The predicted molar refractivity (Wildman–Crippen MR) is 143 cm³/mol. The minimum Gasteiger partial charge on any atom is -0.490 e. The fourth-order valence-electron chi connectivity index (χ4n) is 3.54. The predicted octanol–water partition coefficient (Wildman–Crippen LogP) is 6.43. The van der Waals surface area contributed by atoms with Crippen molar-refractivity contribution in [2.75, 3.05) is 18.5 Å². The van der Waals surface area contributed by atoms with Gasteiger partial charge in [-0.2, -0.15) is 5.26 Å². The Morgan fingerprint density at radius 2 is 1.67 bits per heavy atom. The van der Waals surface area contributed by atoms with E-state index in [2.05, 4.69) is 10.3 Å². The lowest BCUT2D eigenvalue weighted by molar-refractivity contribution is -0.112. The molecular weight excluding hydrogens is 470 g/mol. The molecule has 4 aromatic rings. The van der Waals surface area contributed by atoms with E-state index in [0.29, 0.717) is 29.7 Å². The maximum absolute atomic E-state index is 12.6. The van der Waals surface area contributed by atoms with Crippen LogP contribution >= 0.6 is 11.3 Å². The lowest BCUT2D eigenvalue weighted by Crippen LogP contribution is -2.13. The molecule has 6 nitrogen and oxygen atoms in total. The summed E-state index contributed by atoms with van der Waals surface area (Å²) in [4.78, 5) is 17.1. The summed E-state index contributed by atoms with van der Waals surface area (Å²) in [5, 5.41) is 14.5. The van der Waals surface area contributed by atoms with E-state index in [1.165, 1.54) is 17.4 Å². The zero-order chi connectivity index (χ0) is 25.3. The average Bonchev–Trinajstić information content (AvgIpc) is 3.36. The van der Waals surface area contributed by atoms with Crippen LogP contribution in [0.4, 0.5) is 5.13 Å². The number of thiazole rings is 1. The Morgan fingerprint density at radius 3 is 2.36 bits per heavy atom. The Bertz CT molecular complexity index is 1380. The molecule has 0 aliphatic rings. The minimum atomic E-state index is -0.504. The molecule has 1 amide bonds. The minimum absolute atomic E-state index is 0.0119. The lowest BCUT2D eigenvalue weighted by Gasteiger charge is -2.12. The number of hydrogen-bond donors (Lipinski definition) is 1. The Labute approximate surface area is 214 Å². The van der Waals surface area contributed by atoms with E-state index in [1.807, 2.05) is 73.8 Å². The fraction of sp³-hybridized carbons (Fsp3) is 0.138. The van der Waals surface area contributed by atoms with Crippen molar-refractivity contribution in [2.24, 2.45) is 0 Å². The molecule has 0 fully saturated rings. The van der Waals surface area contributed by atoms with Crippen molar-refractivity contribution in [3.05, 3.63) is 100 Å². The van der Waals surface area contributed by atoms with E-state index >= 15 is 0 Å². The monoisotopic (exact) mass is 495 g/mol. The zero-order valence-corrected chi connectivity index (χ0v) is 20.8. The first-order valence-corrected chi connectivity index (χ1v) is 12.3. The van der Waals surface area contributed by atoms with Crippen LogP contribution in [0.3, 0.4) is 0 Å². The molecule has 0 saturated carbocycles. The highest BCUT2D eigenvalue weighted by Crippen LogP contribution is 2.25. The van der Waals surface area contributed by atoms with E-state index in [0.717, 1.165) is 28.1 Å². The highest BCUT2D eigenvalue weighted by atomic mass is 32.1. The second-order valence-corrected chi connectivity index (χ2v) is 8.87. The van der Waals surface area contributed by atoms with Gasteiger partial charge in [0.25, 0.3) is 5.91 Å². The van der Waals surface area contributed by atoms with Crippen molar-refractivity contribution in [3.63, 3.8) is 0 Å². The molecule has 7 heteroatoms. The van der Waals surface area contributed by atoms with Gasteiger partial charge in [-0.05, 0) is 48.7 Å². The van der Waals surface area contributed by atoms with Gasteiger partial charge in [0, 0.05) is 10.9 Å². The Morgan fingerprint density at radius 1 is 0.972 bits per heavy atom. The molecule has 1 heterocycles. The quantitative estimate of drug-likeness (QED) is 0.164. The van der Waals surface area contributed by atoms with Crippen LogP contribution in [0.1, 0.15) is 16.7 Å². The SMILES string of the molecule is Cc1cccc(C)c1OCCOc1ccc(/C=C(/C#N)C(=O)Nc2nc(-c3ccccc3)cs2)cc1. The van der Waals surface area contributed by atoms with Gasteiger partial charge >= 0.3 is 0 Å². The van der Waals surface area contributed by atoms with Gasteiger partial charge < -0.3 is 9.47 Å². The van der Waals surface area contributed by atoms with Crippen LogP contribution in [0.5, 0.6) is 11.5 Å². The maximum Gasteiger partial charge on any atom is 0.268 e. The first kappa shape index (κ1) is 24.7. The lowest BCUT2D eigenvalue weighted by atomic mass is 10.1. The van der Waals surface area contributed by atoms with Crippen LogP contribution in [0.2, 0.25) is 0 Å². The third-order valence-corrected chi connectivity index (χ3v) is 6.12. The smallest absolute Gasteiger partial charge is 0.268 e. The molecule has 0 unspecified atom stereocenters. The van der Waals surface area contributed by atoms with E-state index in [1.54, 1.807) is 24.3 Å². The molecule has 180 valence electrons. The molecule has 0 aliphatic carbocycles. The molecule has 0 radical (unpaired) electrons. The summed E-state index contributed by atoms with van der Waals surface area (Å²) < 4.78 is 11.6. The van der Waals surface area contributed by atoms with E-state index in [4.69, 9.17) is 9.47 Å². The molecular formula is C29H25N3O3S. The number of aromatic nitrogens is 1. The summed E-state index contributed by atoms with van der Waals surface area (Å²) >= 11 is 1.31. The number of hydrogen-bond acceptors (Lipinski definition) is 6. The van der Waals surface area contributed by atoms with Crippen molar-refractivity contribution in [1.29, 1.82) is 5.26 Å². The number of carbonyl (C=O) groups is 1. The number of nitrogens with one attached hydrogen (secondary N) is 1. The van der Waals surface area contributed by atoms with Crippen molar-refractivity contribution in [3.8, 4) is 28.8 Å². The van der Waals surface area contributed by atoms with Crippen molar-refractivity contribution >= 4 is 28.5 Å². The van der Waals surface area contributed by atoms with Crippen LogP contribution in [0.25, 0.3) is 17.3 Å². The van der Waals surface area contributed by atoms with Crippen molar-refractivity contribution in [2.45, 2.75) is 13.8 Å². The number of nitrogens with zero attached hydrogens (tertiary/aromatic N) is 2. The molecule has 1 N–H and O–H groups in total. The zero-order valence-electron chi connectivity index (χ0n) is 20.0. The molecule has 1 aromatic heterocycles. The normalized spacial score (nSPS) is 11.0. The molecule has 0 aliphatic heterocycles. The topological polar surface area (TPSA) is 84.2 Å². The summed E-state index contributed by atoms with van der Waals surface area (Å²) in [6, 6.07) is 24.9. The number of benzene rings is 3. The van der Waals surface area contributed by atoms with Gasteiger partial charge in [0.1, 0.15) is 36.4 Å². The Kier molecular flexibility index (Phi) is 8.12. The largest absolute Gasteiger partial charge is 0.490 e.